The Morgan fingerprint density at radius 1 is 1.36 bits per heavy atom. The molecule has 0 spiro atoms. The summed E-state index contributed by atoms with van der Waals surface area (Å²) in [5, 5.41) is 21.3. The minimum absolute atomic E-state index is 0.121. The lowest BCUT2D eigenvalue weighted by molar-refractivity contribution is -0.384. The first-order valence-electron chi connectivity index (χ1n) is 9.89. The third-order valence-electron chi connectivity index (χ3n) is 5.84. The number of nitro benzene ring substituents is 1. The molecule has 3 atom stereocenters. The Morgan fingerprint density at radius 3 is 2.85 bits per heavy atom. The average molecular weight is 467 g/mol. The number of para-hydroxylation sites is 1. The fraction of sp³-hybridized carbons (Fsp3) is 0.227. The highest BCUT2D eigenvalue weighted by atomic mass is 32.1. The van der Waals surface area contributed by atoms with Crippen molar-refractivity contribution < 1.29 is 24.3 Å². The van der Waals surface area contributed by atoms with Crippen molar-refractivity contribution in [3.8, 4) is 11.5 Å². The number of nitrogens with zero attached hydrogens (tertiary/aromatic N) is 3. The molecule has 1 N–H and O–H groups in total. The van der Waals surface area contributed by atoms with Crippen molar-refractivity contribution in [2.24, 2.45) is 10.9 Å². The van der Waals surface area contributed by atoms with Crippen LogP contribution in [0.3, 0.4) is 0 Å². The van der Waals surface area contributed by atoms with E-state index in [2.05, 4.69) is 4.99 Å². The summed E-state index contributed by atoms with van der Waals surface area (Å²) in [6.45, 7) is 1.67. The number of aromatic nitrogens is 1. The highest BCUT2D eigenvalue weighted by molar-refractivity contribution is 7.07. The van der Waals surface area contributed by atoms with Crippen LogP contribution in [0.2, 0.25) is 0 Å². The largest absolute Gasteiger partial charge is 0.507 e. The van der Waals surface area contributed by atoms with E-state index in [1.807, 2.05) is 0 Å². The summed E-state index contributed by atoms with van der Waals surface area (Å²) < 4.78 is 12.8. The molecule has 10 nitrogen and oxygen atoms in total. The number of ether oxygens (including phenoxy) is 2. The number of esters is 1. The van der Waals surface area contributed by atoms with Gasteiger partial charge in [0.15, 0.2) is 4.80 Å². The molecule has 2 aliphatic rings. The molecule has 168 valence electrons. The maximum Gasteiger partial charge on any atom is 0.317 e. The summed E-state index contributed by atoms with van der Waals surface area (Å²) in [6.07, 6.45) is 1.38. The number of phenols is 1. The molecule has 1 aromatic heterocycles. The van der Waals surface area contributed by atoms with Crippen molar-refractivity contribution in [1.29, 1.82) is 0 Å². The number of phenolic OH excluding ortho intramolecular Hbond substituents is 1. The lowest BCUT2D eigenvalue weighted by Gasteiger charge is -2.44. The van der Waals surface area contributed by atoms with Gasteiger partial charge in [-0.1, -0.05) is 29.5 Å². The Labute approximate surface area is 189 Å². The zero-order valence-corrected chi connectivity index (χ0v) is 18.2. The smallest absolute Gasteiger partial charge is 0.317 e. The molecule has 0 unspecified atom stereocenters. The summed E-state index contributed by atoms with van der Waals surface area (Å²) in [6, 6.07) is 9.95. The molecule has 3 aromatic rings. The van der Waals surface area contributed by atoms with E-state index in [4.69, 9.17) is 9.47 Å². The van der Waals surface area contributed by atoms with Crippen molar-refractivity contribution in [3.63, 3.8) is 0 Å². The van der Waals surface area contributed by atoms with Gasteiger partial charge in [-0.15, -0.1) is 0 Å². The van der Waals surface area contributed by atoms with E-state index in [1.165, 1.54) is 36.0 Å². The van der Waals surface area contributed by atoms with Gasteiger partial charge >= 0.3 is 5.97 Å². The van der Waals surface area contributed by atoms with Gasteiger partial charge < -0.3 is 14.6 Å². The van der Waals surface area contributed by atoms with E-state index < -0.39 is 34.1 Å². The van der Waals surface area contributed by atoms with Gasteiger partial charge in [0.1, 0.15) is 17.4 Å². The van der Waals surface area contributed by atoms with E-state index in [9.17, 15) is 24.8 Å². The Bertz CT molecular complexity index is 1510. The van der Waals surface area contributed by atoms with Crippen molar-refractivity contribution in [1.82, 2.24) is 4.57 Å². The number of carbonyl (C=O) groups is 1. The third-order valence-corrected chi connectivity index (χ3v) is 6.83. The fourth-order valence-corrected chi connectivity index (χ4v) is 5.43. The number of hydrogen-bond donors (Lipinski definition) is 1. The Kier molecular flexibility index (Phi) is 4.60. The van der Waals surface area contributed by atoms with Crippen molar-refractivity contribution in [3.05, 3.63) is 83.4 Å². The molecule has 5 rings (SSSR count). The van der Waals surface area contributed by atoms with Crippen LogP contribution in [-0.2, 0) is 9.53 Å². The highest BCUT2D eigenvalue weighted by Gasteiger charge is 2.55. The molecule has 33 heavy (non-hydrogen) atoms. The number of benzene rings is 2. The van der Waals surface area contributed by atoms with Crippen molar-refractivity contribution in [2.45, 2.75) is 18.7 Å². The molecular weight excluding hydrogens is 450 g/mol. The van der Waals surface area contributed by atoms with Crippen LogP contribution in [0.1, 0.15) is 24.1 Å². The molecule has 11 heteroatoms. The Morgan fingerprint density at radius 2 is 2.12 bits per heavy atom. The molecule has 0 fully saturated rings. The third kappa shape index (κ3) is 3.11. The van der Waals surface area contributed by atoms with Crippen LogP contribution in [0.4, 0.5) is 5.69 Å². The standard InChI is InChI=1S/C22H17N3O7S/c1-22-17(20(28)31-2)18(13-5-3-4-6-15(13)32-22)24-19(27)16(33-21(24)23-22)10-11-9-12(25(29)30)7-8-14(11)26/h3-10,17-18,26H,1-2H3/b16-10-/t17-,18-,22+/m1/s1. The molecule has 3 heterocycles. The quantitative estimate of drug-likeness (QED) is 0.350. The monoisotopic (exact) mass is 467 g/mol. The van der Waals surface area contributed by atoms with Gasteiger partial charge in [-0.25, -0.2) is 4.99 Å². The zero-order valence-electron chi connectivity index (χ0n) is 17.4. The molecule has 0 radical (unpaired) electrons. The van der Waals surface area contributed by atoms with Crippen molar-refractivity contribution in [2.75, 3.05) is 7.11 Å². The van der Waals surface area contributed by atoms with Crippen LogP contribution in [-0.4, -0.2) is 33.4 Å². The topological polar surface area (TPSA) is 133 Å². The minimum Gasteiger partial charge on any atom is -0.507 e. The summed E-state index contributed by atoms with van der Waals surface area (Å²) in [7, 11) is 1.27. The minimum atomic E-state index is -1.30. The molecule has 2 aliphatic heterocycles. The van der Waals surface area contributed by atoms with Crippen LogP contribution < -0.4 is 19.6 Å². The summed E-state index contributed by atoms with van der Waals surface area (Å²) in [5.74, 6) is -1.16. The molecule has 0 amide bonds. The van der Waals surface area contributed by atoms with Gasteiger partial charge in [-0.2, -0.15) is 0 Å². The molecular formula is C22H17N3O7S. The SMILES string of the molecule is COC(=O)[C@H]1[C@H]2c3ccccc3O[C@]1(C)N=c1s/c(=C\c3cc([N+](=O)[O-])ccc3O)c(=O)n12. The Balaban J connectivity index is 1.78. The molecule has 0 aliphatic carbocycles. The van der Waals surface area contributed by atoms with Crippen LogP contribution >= 0.6 is 11.3 Å². The van der Waals surface area contributed by atoms with Crippen LogP contribution in [0.25, 0.3) is 6.08 Å². The molecule has 2 aromatic carbocycles. The number of aromatic hydroxyl groups is 1. The van der Waals surface area contributed by atoms with Crippen LogP contribution in [0.15, 0.2) is 52.3 Å². The average Bonchev–Trinajstić information content (AvgIpc) is 3.07. The number of carbonyl (C=O) groups excluding carboxylic acids is 1. The van der Waals surface area contributed by atoms with Crippen molar-refractivity contribution >= 4 is 29.1 Å². The number of nitro groups is 1. The molecule has 2 bridgehead atoms. The first-order chi connectivity index (χ1) is 15.7. The first kappa shape index (κ1) is 20.9. The number of hydrogen-bond acceptors (Lipinski definition) is 9. The van der Waals surface area contributed by atoms with Crippen LogP contribution in [0, 0.1) is 16.0 Å². The zero-order chi connectivity index (χ0) is 23.5. The van der Waals surface area contributed by atoms with Gasteiger partial charge in [0.05, 0.1) is 22.6 Å². The number of methoxy groups -OCH3 is 1. The van der Waals surface area contributed by atoms with Gasteiger partial charge in [0.25, 0.3) is 11.2 Å². The van der Waals surface area contributed by atoms with Gasteiger partial charge in [-0.05, 0) is 25.1 Å². The Hall–Kier alpha value is -3.99. The first-order valence-corrected chi connectivity index (χ1v) is 10.7. The van der Waals surface area contributed by atoms with E-state index >= 15 is 0 Å². The van der Waals surface area contributed by atoms with Gasteiger partial charge in [0.2, 0.25) is 5.72 Å². The van der Waals surface area contributed by atoms with E-state index in [1.54, 1.807) is 31.2 Å². The highest BCUT2D eigenvalue weighted by Crippen LogP contribution is 2.47. The summed E-state index contributed by atoms with van der Waals surface area (Å²) >= 11 is 1.05. The maximum absolute atomic E-state index is 13.5. The lowest BCUT2D eigenvalue weighted by Crippen LogP contribution is -2.58. The number of thiazole rings is 1. The lowest BCUT2D eigenvalue weighted by atomic mass is 9.81. The number of non-ortho nitro benzene ring substituents is 1. The summed E-state index contributed by atoms with van der Waals surface area (Å²) in [5.41, 5.74) is -1.19. The number of fused-ring (bicyclic) bond motifs is 6. The normalized spacial score (nSPS) is 23.0. The van der Waals surface area contributed by atoms with Gasteiger partial charge in [-0.3, -0.25) is 24.3 Å². The molecule has 0 saturated carbocycles. The molecule has 0 saturated heterocycles. The second kappa shape index (κ2) is 7.27. The maximum atomic E-state index is 13.5. The van der Waals surface area contributed by atoms with Crippen LogP contribution in [0.5, 0.6) is 11.5 Å². The van der Waals surface area contributed by atoms with E-state index in [0.717, 1.165) is 11.3 Å². The van der Waals surface area contributed by atoms with E-state index in [0.29, 0.717) is 16.1 Å². The summed E-state index contributed by atoms with van der Waals surface area (Å²) in [4.78, 5) is 41.7. The second-order valence-electron chi connectivity index (χ2n) is 7.82. The number of rotatable bonds is 3. The second-order valence-corrected chi connectivity index (χ2v) is 8.83. The van der Waals surface area contributed by atoms with E-state index in [-0.39, 0.29) is 21.5 Å². The fourth-order valence-electron chi connectivity index (χ4n) is 4.34. The predicted molar refractivity (Wildman–Crippen MR) is 117 cm³/mol. The van der Waals surface area contributed by atoms with Gasteiger partial charge in [0, 0.05) is 23.3 Å². The predicted octanol–water partition coefficient (Wildman–Crippen LogP) is 1.47.